The normalized spacial score (nSPS) is 19.3. The molecule has 1 aliphatic carbocycles. The monoisotopic (exact) mass is 350 g/mol. The minimum atomic E-state index is -0.543. The van der Waals surface area contributed by atoms with Crippen molar-refractivity contribution in [1.82, 2.24) is 9.97 Å². The molecule has 1 N–H and O–H groups in total. The van der Waals surface area contributed by atoms with Gasteiger partial charge in [0.05, 0.1) is 5.71 Å². The Kier molecular flexibility index (Phi) is 4.39. The fourth-order valence-corrected chi connectivity index (χ4v) is 4.02. The Hall–Kier alpha value is -2.43. The maximum atomic E-state index is 6.15. The van der Waals surface area contributed by atoms with Gasteiger partial charge in [0.2, 0.25) is 5.88 Å². The van der Waals surface area contributed by atoms with Gasteiger partial charge in [-0.2, -0.15) is 4.98 Å². The summed E-state index contributed by atoms with van der Waals surface area (Å²) in [4.78, 5) is 13.4. The van der Waals surface area contributed by atoms with E-state index in [4.69, 9.17) is 9.73 Å². The molecular weight excluding hydrogens is 324 g/mol. The lowest BCUT2D eigenvalue weighted by molar-refractivity contribution is 0.171. The predicted octanol–water partition coefficient (Wildman–Crippen LogP) is 4.86. The van der Waals surface area contributed by atoms with Crippen molar-refractivity contribution in [3.8, 4) is 5.88 Å². The van der Waals surface area contributed by atoms with E-state index in [0.29, 0.717) is 23.3 Å². The zero-order valence-corrected chi connectivity index (χ0v) is 15.7. The number of anilines is 1. The van der Waals surface area contributed by atoms with Crippen molar-refractivity contribution >= 4 is 17.2 Å². The van der Waals surface area contributed by atoms with Gasteiger partial charge >= 0.3 is 0 Å². The quantitative estimate of drug-likeness (QED) is 0.859. The van der Waals surface area contributed by atoms with Crippen LogP contribution in [-0.2, 0) is 0 Å². The molecular formula is C21H26N4O. The Balaban J connectivity index is 1.70. The molecule has 2 aliphatic rings. The largest absolute Gasteiger partial charge is 0.463 e. The minimum Gasteiger partial charge on any atom is -0.463 e. The van der Waals surface area contributed by atoms with E-state index in [1.54, 1.807) is 0 Å². The van der Waals surface area contributed by atoms with Crippen LogP contribution in [0, 0.1) is 0 Å². The lowest BCUT2D eigenvalue weighted by Crippen LogP contribution is -2.41. The van der Waals surface area contributed by atoms with E-state index >= 15 is 0 Å². The number of benzene rings is 1. The molecule has 1 aromatic carbocycles. The van der Waals surface area contributed by atoms with Crippen molar-refractivity contribution < 1.29 is 4.74 Å². The Bertz CT molecular complexity index is 820. The van der Waals surface area contributed by atoms with Crippen LogP contribution < -0.4 is 10.1 Å². The third-order valence-corrected chi connectivity index (χ3v) is 5.43. The Morgan fingerprint density at radius 2 is 1.77 bits per heavy atom. The second-order valence-electron chi connectivity index (χ2n) is 7.66. The topological polar surface area (TPSA) is 59.4 Å². The van der Waals surface area contributed by atoms with Crippen molar-refractivity contribution in [3.05, 3.63) is 41.7 Å². The van der Waals surface area contributed by atoms with Gasteiger partial charge in [-0.25, -0.2) is 9.98 Å². The molecule has 136 valence electrons. The summed E-state index contributed by atoms with van der Waals surface area (Å²) in [5.41, 5.74) is 3.57. The molecule has 0 saturated heterocycles. The number of hydrogen-bond donors (Lipinski definition) is 1. The van der Waals surface area contributed by atoms with E-state index in [0.717, 1.165) is 11.3 Å². The van der Waals surface area contributed by atoms with Gasteiger partial charge in [0, 0.05) is 12.6 Å². The molecule has 0 radical (unpaired) electrons. The van der Waals surface area contributed by atoms with E-state index < -0.39 is 5.60 Å². The van der Waals surface area contributed by atoms with Gasteiger partial charge in [-0.3, -0.25) is 0 Å². The fraction of sp³-hybridized carbons (Fsp3) is 0.476. The van der Waals surface area contributed by atoms with Crippen molar-refractivity contribution in [3.63, 3.8) is 0 Å². The first-order valence-corrected chi connectivity index (χ1v) is 9.50. The van der Waals surface area contributed by atoms with Crippen LogP contribution in [0.4, 0.5) is 11.5 Å². The van der Waals surface area contributed by atoms with Crippen LogP contribution in [-0.4, -0.2) is 28.3 Å². The first-order chi connectivity index (χ1) is 12.6. The maximum Gasteiger partial charge on any atom is 0.246 e. The van der Waals surface area contributed by atoms with E-state index in [1.165, 1.54) is 44.0 Å². The lowest BCUT2D eigenvalue weighted by Gasteiger charge is -2.32. The lowest BCUT2D eigenvalue weighted by atomic mass is 9.83. The summed E-state index contributed by atoms with van der Waals surface area (Å²) in [6.07, 6.45) is 8.20. The second-order valence-corrected chi connectivity index (χ2v) is 7.66. The van der Waals surface area contributed by atoms with Gasteiger partial charge in [-0.05, 0) is 38.2 Å². The molecule has 1 fully saturated rings. The molecule has 26 heavy (non-hydrogen) atoms. The van der Waals surface area contributed by atoms with Crippen LogP contribution in [0.1, 0.15) is 63.0 Å². The summed E-state index contributed by atoms with van der Waals surface area (Å²) in [5, 5.41) is 3.07. The maximum absolute atomic E-state index is 6.15. The Morgan fingerprint density at radius 1 is 1.04 bits per heavy atom. The molecule has 0 spiro atoms. The van der Waals surface area contributed by atoms with E-state index in [2.05, 4.69) is 39.6 Å². The van der Waals surface area contributed by atoms with E-state index in [1.807, 2.05) is 20.9 Å². The number of ether oxygens (including phenoxy) is 1. The van der Waals surface area contributed by atoms with Gasteiger partial charge < -0.3 is 10.1 Å². The predicted molar refractivity (Wildman–Crippen MR) is 105 cm³/mol. The molecule has 2 aromatic rings. The molecule has 1 saturated carbocycles. The summed E-state index contributed by atoms with van der Waals surface area (Å²) in [7, 11) is 1.83. The van der Waals surface area contributed by atoms with E-state index in [9.17, 15) is 0 Å². The molecule has 5 nitrogen and oxygen atoms in total. The molecule has 5 heteroatoms. The van der Waals surface area contributed by atoms with Gasteiger partial charge in [0.1, 0.15) is 11.9 Å². The zero-order chi connectivity index (χ0) is 18.1. The number of aliphatic imine (C=N–C) groups is 1. The smallest absolute Gasteiger partial charge is 0.246 e. The van der Waals surface area contributed by atoms with Crippen LogP contribution in [0.15, 0.2) is 35.6 Å². The number of hydrogen-bond acceptors (Lipinski definition) is 5. The minimum absolute atomic E-state index is 0.525. The van der Waals surface area contributed by atoms with Crippen molar-refractivity contribution in [2.24, 2.45) is 4.99 Å². The van der Waals surface area contributed by atoms with Crippen LogP contribution in [0.5, 0.6) is 5.88 Å². The fourth-order valence-electron chi connectivity index (χ4n) is 4.02. The highest BCUT2D eigenvalue weighted by molar-refractivity contribution is 6.09. The summed E-state index contributed by atoms with van der Waals surface area (Å²) in [5.74, 6) is 1.92. The molecule has 1 aliphatic heterocycles. The standard InChI is InChI=1S/C21H26N4O/c1-21(2)18(25-17-19(22-3)23-13-24-20(17)26-21)16-11-9-15(10-12-16)14-7-5-4-6-8-14/h9-14H,4-8H2,1-3H3,(H,22,23,24). The summed E-state index contributed by atoms with van der Waals surface area (Å²) in [6, 6.07) is 8.89. The molecule has 4 rings (SSSR count). The molecule has 0 unspecified atom stereocenters. The van der Waals surface area contributed by atoms with Gasteiger partial charge in [0.25, 0.3) is 0 Å². The summed E-state index contributed by atoms with van der Waals surface area (Å²) in [6.45, 7) is 4.07. The number of nitrogens with zero attached hydrogens (tertiary/aromatic N) is 3. The molecule has 0 bridgehead atoms. The Morgan fingerprint density at radius 3 is 2.46 bits per heavy atom. The molecule has 1 aromatic heterocycles. The highest BCUT2D eigenvalue weighted by Gasteiger charge is 2.35. The van der Waals surface area contributed by atoms with Gasteiger partial charge in [-0.15, -0.1) is 0 Å². The number of rotatable bonds is 3. The molecule has 2 heterocycles. The van der Waals surface area contributed by atoms with E-state index in [-0.39, 0.29) is 0 Å². The number of aromatic nitrogens is 2. The molecule has 0 atom stereocenters. The summed E-state index contributed by atoms with van der Waals surface area (Å²) >= 11 is 0. The first kappa shape index (κ1) is 17.0. The second kappa shape index (κ2) is 6.71. The molecule has 0 amide bonds. The van der Waals surface area contributed by atoms with Crippen LogP contribution in [0.2, 0.25) is 0 Å². The Labute approximate surface area is 154 Å². The first-order valence-electron chi connectivity index (χ1n) is 9.50. The third kappa shape index (κ3) is 3.06. The van der Waals surface area contributed by atoms with Gasteiger partial charge in [-0.1, -0.05) is 43.5 Å². The van der Waals surface area contributed by atoms with Crippen molar-refractivity contribution in [2.45, 2.75) is 57.5 Å². The SMILES string of the molecule is CNc1ncnc2c1N=C(c1ccc(C3CCCCC3)cc1)C(C)(C)O2. The zero-order valence-electron chi connectivity index (χ0n) is 15.7. The van der Waals surface area contributed by atoms with Crippen molar-refractivity contribution in [1.29, 1.82) is 0 Å². The average molecular weight is 350 g/mol. The van der Waals surface area contributed by atoms with Gasteiger partial charge in [0.15, 0.2) is 11.5 Å². The number of fused-ring (bicyclic) bond motifs is 1. The average Bonchev–Trinajstić information content (AvgIpc) is 2.67. The van der Waals surface area contributed by atoms with Crippen molar-refractivity contribution in [2.75, 3.05) is 12.4 Å². The third-order valence-electron chi connectivity index (χ3n) is 5.43. The van der Waals surface area contributed by atoms with Crippen LogP contribution >= 0.6 is 0 Å². The number of nitrogens with one attached hydrogen (secondary N) is 1. The van der Waals surface area contributed by atoms with Crippen LogP contribution in [0.25, 0.3) is 0 Å². The van der Waals surface area contributed by atoms with Crippen LogP contribution in [0.3, 0.4) is 0 Å². The summed E-state index contributed by atoms with van der Waals surface area (Å²) < 4.78 is 6.15. The highest BCUT2D eigenvalue weighted by Crippen LogP contribution is 2.40. The highest BCUT2D eigenvalue weighted by atomic mass is 16.5.